The van der Waals surface area contributed by atoms with E-state index in [4.69, 9.17) is 4.74 Å². The Morgan fingerprint density at radius 3 is 2.33 bits per heavy atom. The van der Waals surface area contributed by atoms with Crippen LogP contribution in [0.2, 0.25) is 0 Å². The van der Waals surface area contributed by atoms with Gasteiger partial charge < -0.3 is 4.74 Å². The molecule has 1 aliphatic rings. The molecule has 6 nitrogen and oxygen atoms in total. The molecule has 0 radical (unpaired) electrons. The molecule has 3 rings (SSSR count). The molecule has 1 aliphatic heterocycles. The lowest BCUT2D eigenvalue weighted by Gasteiger charge is -2.06. The van der Waals surface area contributed by atoms with Gasteiger partial charge in [0.05, 0.1) is 4.92 Å². The molecular weight excluding hydrogens is 272 g/mol. The number of para-hydroxylation sites is 2. The van der Waals surface area contributed by atoms with Crippen molar-refractivity contribution in [1.82, 2.24) is 5.06 Å². The second-order valence-corrected chi connectivity index (χ2v) is 4.39. The van der Waals surface area contributed by atoms with E-state index in [9.17, 15) is 10.1 Å². The Labute approximate surface area is 122 Å². The number of ether oxygens (including phenoxy) is 1. The first kappa shape index (κ1) is 15.0. The monoisotopic (exact) mass is 288 g/mol. The summed E-state index contributed by atoms with van der Waals surface area (Å²) in [4.78, 5) is 14.9. The third-order valence-corrected chi connectivity index (χ3v) is 2.69. The van der Waals surface area contributed by atoms with Gasteiger partial charge in [0, 0.05) is 13.1 Å². The van der Waals surface area contributed by atoms with Crippen LogP contribution in [0.3, 0.4) is 0 Å². The fraction of sp³-hybridized carbons (Fsp3) is 0.200. The zero-order chi connectivity index (χ0) is 15.1. The lowest BCUT2D eigenvalue weighted by Crippen LogP contribution is -1.98. The first-order valence-electron chi connectivity index (χ1n) is 6.41. The van der Waals surface area contributed by atoms with E-state index in [0.29, 0.717) is 12.4 Å². The molecule has 0 bridgehead atoms. The third kappa shape index (κ3) is 5.21. The van der Waals surface area contributed by atoms with Gasteiger partial charge in [-0.3, -0.25) is 15.0 Å². The van der Waals surface area contributed by atoms with Crippen molar-refractivity contribution in [3.8, 4) is 5.75 Å². The maximum atomic E-state index is 10.8. The van der Waals surface area contributed by atoms with E-state index in [1.165, 1.54) is 6.07 Å². The predicted octanol–water partition coefficient (Wildman–Crippen LogP) is 2.99. The second-order valence-electron chi connectivity index (χ2n) is 4.39. The van der Waals surface area contributed by atoms with Crippen LogP contribution in [0.1, 0.15) is 5.56 Å². The Hall–Kier alpha value is -2.44. The normalized spacial score (nSPS) is 15.6. The highest BCUT2D eigenvalue weighted by Crippen LogP contribution is 2.26. The first-order chi connectivity index (χ1) is 10.2. The van der Waals surface area contributed by atoms with E-state index >= 15 is 0 Å². The average molecular weight is 288 g/mol. The molecule has 0 aromatic heterocycles. The van der Waals surface area contributed by atoms with E-state index in [-0.39, 0.29) is 5.69 Å². The molecule has 0 spiro atoms. The molecule has 6 heteroatoms. The molecule has 1 atom stereocenters. The number of hydrogen-bond acceptors (Lipinski definition) is 5. The molecule has 0 saturated carbocycles. The summed E-state index contributed by atoms with van der Waals surface area (Å²) in [6.07, 6.45) is 0. The van der Waals surface area contributed by atoms with Crippen LogP contribution in [-0.4, -0.2) is 23.8 Å². The van der Waals surface area contributed by atoms with Gasteiger partial charge in [0.1, 0.15) is 13.3 Å². The minimum absolute atomic E-state index is 0.0107. The van der Waals surface area contributed by atoms with Crippen LogP contribution in [-0.2, 0) is 11.4 Å². The summed E-state index contributed by atoms with van der Waals surface area (Å²) in [6, 6.07) is 15.9. The molecule has 0 N–H and O–H groups in total. The molecule has 0 amide bonds. The molecule has 110 valence electrons. The van der Waals surface area contributed by atoms with Crippen molar-refractivity contribution in [2.24, 2.45) is 0 Å². The number of nitro benzene ring substituents is 1. The second kappa shape index (κ2) is 7.37. The molecule has 2 aromatic rings. The third-order valence-electron chi connectivity index (χ3n) is 2.69. The van der Waals surface area contributed by atoms with E-state index in [2.05, 4.69) is 4.84 Å². The first-order valence-corrected chi connectivity index (χ1v) is 6.41. The minimum Gasteiger partial charge on any atom is -0.482 e. The van der Waals surface area contributed by atoms with Crippen molar-refractivity contribution >= 4 is 5.69 Å². The summed E-state index contributed by atoms with van der Waals surface area (Å²) in [5.74, 6) is 0.293. The van der Waals surface area contributed by atoms with Gasteiger partial charge in [-0.15, -0.1) is 0 Å². The van der Waals surface area contributed by atoms with Crippen molar-refractivity contribution in [3.05, 3.63) is 70.3 Å². The molecule has 1 heterocycles. The van der Waals surface area contributed by atoms with E-state index < -0.39 is 4.92 Å². The molecule has 2 aromatic carbocycles. The summed E-state index contributed by atoms with van der Waals surface area (Å²) in [7, 11) is 1.89. The van der Waals surface area contributed by atoms with Gasteiger partial charge in [0.2, 0.25) is 0 Å². The zero-order valence-electron chi connectivity index (χ0n) is 11.6. The molecular formula is C15H16N2O4. The van der Waals surface area contributed by atoms with Gasteiger partial charge in [-0.25, -0.2) is 0 Å². The van der Waals surface area contributed by atoms with Crippen molar-refractivity contribution in [3.63, 3.8) is 0 Å². The lowest BCUT2D eigenvalue weighted by atomic mass is 10.2. The van der Waals surface area contributed by atoms with Crippen LogP contribution >= 0.6 is 0 Å². The Bertz CT molecular complexity index is 585. The zero-order valence-corrected chi connectivity index (χ0v) is 11.6. The van der Waals surface area contributed by atoms with Gasteiger partial charge in [-0.05, 0) is 11.6 Å². The maximum absolute atomic E-state index is 10.8. The van der Waals surface area contributed by atoms with E-state index in [0.717, 1.165) is 12.3 Å². The van der Waals surface area contributed by atoms with E-state index in [1.807, 2.05) is 37.4 Å². The number of nitrogens with zero attached hydrogens (tertiary/aromatic N) is 2. The van der Waals surface area contributed by atoms with Crippen LogP contribution in [0.15, 0.2) is 54.6 Å². The van der Waals surface area contributed by atoms with Crippen molar-refractivity contribution in [2.45, 2.75) is 6.61 Å². The lowest BCUT2D eigenvalue weighted by molar-refractivity contribution is -0.385. The van der Waals surface area contributed by atoms with Crippen LogP contribution in [0.25, 0.3) is 0 Å². The Kier molecular flexibility index (Phi) is 5.25. The van der Waals surface area contributed by atoms with Gasteiger partial charge in [-0.1, -0.05) is 42.5 Å². The number of benzene rings is 2. The number of rotatable bonds is 4. The molecule has 21 heavy (non-hydrogen) atoms. The summed E-state index contributed by atoms with van der Waals surface area (Å²) in [6.45, 7) is 1.14. The Morgan fingerprint density at radius 1 is 1.19 bits per heavy atom. The smallest absolute Gasteiger partial charge is 0.310 e. The van der Waals surface area contributed by atoms with Crippen molar-refractivity contribution in [2.75, 3.05) is 13.8 Å². The molecule has 1 fully saturated rings. The largest absolute Gasteiger partial charge is 0.482 e. The Morgan fingerprint density at radius 2 is 1.76 bits per heavy atom. The number of hydroxylamine groups is 2. The van der Waals surface area contributed by atoms with Crippen LogP contribution in [0.5, 0.6) is 5.75 Å². The molecule has 0 aliphatic carbocycles. The summed E-state index contributed by atoms with van der Waals surface area (Å²) in [5, 5.41) is 12.5. The summed E-state index contributed by atoms with van der Waals surface area (Å²) < 4.78 is 5.44. The highest BCUT2D eigenvalue weighted by atomic mass is 16.8. The van der Waals surface area contributed by atoms with Gasteiger partial charge in [0.25, 0.3) is 0 Å². The Balaban J connectivity index is 0.000000347. The topological polar surface area (TPSA) is 67.9 Å². The van der Waals surface area contributed by atoms with E-state index in [1.54, 1.807) is 23.3 Å². The number of nitro groups is 1. The fourth-order valence-corrected chi connectivity index (χ4v) is 1.52. The van der Waals surface area contributed by atoms with Gasteiger partial charge in [-0.2, -0.15) is 5.06 Å². The molecule has 1 saturated heterocycles. The maximum Gasteiger partial charge on any atom is 0.310 e. The van der Waals surface area contributed by atoms with Crippen molar-refractivity contribution < 1.29 is 14.5 Å². The SMILES string of the molecule is CN1CO1.O=[N+]([O-])c1ccccc1OCc1ccccc1. The average Bonchev–Trinajstić information content (AvgIpc) is 3.29. The number of hydrogen-bond donors (Lipinski definition) is 0. The standard InChI is InChI=1S/C13H11NO3.C2H5NO/c15-14(16)12-8-4-5-9-13(12)17-10-11-6-2-1-3-7-11;1-3-2-4-3/h1-9H,10H2;2H2,1H3. The fourth-order valence-electron chi connectivity index (χ4n) is 1.52. The molecule has 1 unspecified atom stereocenters. The summed E-state index contributed by atoms with van der Waals surface area (Å²) in [5.41, 5.74) is 0.967. The van der Waals surface area contributed by atoms with Crippen molar-refractivity contribution in [1.29, 1.82) is 0 Å². The minimum atomic E-state index is -0.444. The van der Waals surface area contributed by atoms with Crippen LogP contribution in [0.4, 0.5) is 5.69 Å². The van der Waals surface area contributed by atoms with Crippen LogP contribution < -0.4 is 4.74 Å². The quantitative estimate of drug-likeness (QED) is 0.491. The highest BCUT2D eigenvalue weighted by Gasteiger charge is 2.13. The summed E-state index contributed by atoms with van der Waals surface area (Å²) >= 11 is 0. The van der Waals surface area contributed by atoms with Gasteiger partial charge in [0.15, 0.2) is 5.75 Å². The predicted molar refractivity (Wildman–Crippen MR) is 77.6 cm³/mol. The highest BCUT2D eigenvalue weighted by molar-refractivity contribution is 5.45. The van der Waals surface area contributed by atoms with Gasteiger partial charge >= 0.3 is 5.69 Å². The van der Waals surface area contributed by atoms with Crippen LogP contribution in [0, 0.1) is 10.1 Å².